The summed E-state index contributed by atoms with van der Waals surface area (Å²) in [5.74, 6) is -1.97. The summed E-state index contributed by atoms with van der Waals surface area (Å²) >= 11 is 0. The molecule has 0 radical (unpaired) electrons. The molecular weight excluding hydrogens is 425 g/mol. The Morgan fingerprint density at radius 1 is 1.15 bits per heavy atom. The fraction of sp³-hybridized carbons (Fsp3) is 0.320. The Morgan fingerprint density at radius 2 is 1.88 bits per heavy atom. The van der Waals surface area contributed by atoms with Crippen LogP contribution in [-0.2, 0) is 27.5 Å². The van der Waals surface area contributed by atoms with Gasteiger partial charge in [-0.05, 0) is 24.1 Å². The van der Waals surface area contributed by atoms with Gasteiger partial charge >= 0.3 is 5.97 Å². The number of benzene rings is 2. The van der Waals surface area contributed by atoms with E-state index in [9.17, 15) is 9.59 Å². The van der Waals surface area contributed by atoms with Crippen LogP contribution in [0.4, 0.5) is 10.2 Å². The Morgan fingerprint density at radius 3 is 2.61 bits per heavy atom. The van der Waals surface area contributed by atoms with E-state index in [-0.39, 0.29) is 24.0 Å². The number of methoxy groups -OCH3 is 1. The van der Waals surface area contributed by atoms with Crippen LogP contribution in [0.3, 0.4) is 0 Å². The van der Waals surface area contributed by atoms with E-state index in [1.54, 1.807) is 0 Å². The number of amides is 1. The van der Waals surface area contributed by atoms with Crippen molar-refractivity contribution in [1.29, 1.82) is 0 Å². The van der Waals surface area contributed by atoms with Gasteiger partial charge in [0.05, 0.1) is 37.3 Å². The summed E-state index contributed by atoms with van der Waals surface area (Å²) in [7, 11) is 1.34. The lowest BCUT2D eigenvalue weighted by atomic mass is 9.88. The lowest BCUT2D eigenvalue weighted by Gasteiger charge is -2.18. The van der Waals surface area contributed by atoms with E-state index < -0.39 is 17.6 Å². The number of halogens is 1. The minimum absolute atomic E-state index is 0.0589. The monoisotopic (exact) mass is 449 g/mol. The van der Waals surface area contributed by atoms with Gasteiger partial charge < -0.3 is 20.1 Å². The molecule has 0 saturated carbocycles. The highest BCUT2D eigenvalue weighted by Gasteiger charge is 2.41. The highest BCUT2D eigenvalue weighted by atomic mass is 19.1. The molecule has 1 amide bonds. The Hall–Kier alpha value is -3.52. The molecule has 0 spiro atoms. The highest BCUT2D eigenvalue weighted by molar-refractivity contribution is 6.00. The number of pyridine rings is 1. The number of rotatable bonds is 3. The summed E-state index contributed by atoms with van der Waals surface area (Å²) in [5.41, 5.74) is 9.97. The molecule has 170 valence electrons. The molecule has 0 aliphatic carbocycles. The summed E-state index contributed by atoms with van der Waals surface area (Å²) in [6.45, 7) is 3.11. The molecule has 8 heteroatoms. The van der Waals surface area contributed by atoms with Gasteiger partial charge in [0.2, 0.25) is 0 Å². The molecule has 3 aromatic rings. The molecule has 2 atom stereocenters. The quantitative estimate of drug-likeness (QED) is 0.617. The number of carbonyl (C=O) groups is 2. The number of nitrogens with zero attached hydrogens (tertiary/aromatic N) is 2. The molecule has 5 rings (SSSR count). The van der Waals surface area contributed by atoms with Crippen LogP contribution in [0.5, 0.6) is 0 Å². The second-order valence-electron chi connectivity index (χ2n) is 8.65. The predicted octanol–water partition coefficient (Wildman–Crippen LogP) is 3.32. The number of nitrogens with two attached hydrogens (primary N) is 1. The van der Waals surface area contributed by atoms with Gasteiger partial charge in [0.25, 0.3) is 5.91 Å². The second-order valence-corrected chi connectivity index (χ2v) is 8.65. The maximum atomic E-state index is 15.0. The molecule has 1 saturated heterocycles. The van der Waals surface area contributed by atoms with Crippen LogP contribution in [-0.4, -0.2) is 42.0 Å². The molecular formula is C25H24FN3O4. The van der Waals surface area contributed by atoms with Gasteiger partial charge in [-0.1, -0.05) is 29.8 Å². The fourth-order valence-corrected chi connectivity index (χ4v) is 4.84. The van der Waals surface area contributed by atoms with Crippen LogP contribution >= 0.6 is 0 Å². The van der Waals surface area contributed by atoms with E-state index in [1.807, 2.05) is 31.2 Å². The molecule has 2 N–H and O–H groups in total. The van der Waals surface area contributed by atoms with Crippen LogP contribution in [0.25, 0.3) is 10.9 Å². The van der Waals surface area contributed by atoms with Crippen molar-refractivity contribution in [1.82, 2.24) is 9.88 Å². The Bertz CT molecular complexity index is 1280. The third-order valence-electron chi connectivity index (χ3n) is 6.66. The maximum Gasteiger partial charge on any atom is 0.311 e. The number of esters is 1. The number of anilines is 1. The van der Waals surface area contributed by atoms with Gasteiger partial charge in [-0.2, -0.15) is 0 Å². The number of hydrogen-bond donors (Lipinski definition) is 1. The second kappa shape index (κ2) is 8.12. The van der Waals surface area contributed by atoms with Crippen molar-refractivity contribution in [3.05, 3.63) is 70.0 Å². The van der Waals surface area contributed by atoms with Crippen LogP contribution in [0.1, 0.15) is 38.5 Å². The summed E-state index contributed by atoms with van der Waals surface area (Å²) in [5, 5.41) is 0.653. The summed E-state index contributed by atoms with van der Waals surface area (Å²) in [4.78, 5) is 31.7. The van der Waals surface area contributed by atoms with Crippen LogP contribution in [0, 0.1) is 18.7 Å². The minimum Gasteiger partial charge on any atom is -0.469 e. The molecule has 33 heavy (non-hydrogen) atoms. The van der Waals surface area contributed by atoms with Crippen molar-refractivity contribution < 1.29 is 23.5 Å². The lowest BCUT2D eigenvalue weighted by Crippen LogP contribution is -2.30. The summed E-state index contributed by atoms with van der Waals surface area (Å²) in [6, 6.07) is 10.6. The van der Waals surface area contributed by atoms with Gasteiger partial charge in [0.1, 0.15) is 11.6 Å². The Labute approximate surface area is 190 Å². The van der Waals surface area contributed by atoms with Crippen LogP contribution in [0.15, 0.2) is 36.4 Å². The first-order valence-corrected chi connectivity index (χ1v) is 10.8. The van der Waals surface area contributed by atoms with E-state index in [0.29, 0.717) is 36.5 Å². The molecule has 2 aliphatic rings. The predicted molar refractivity (Wildman–Crippen MR) is 120 cm³/mol. The summed E-state index contributed by atoms with van der Waals surface area (Å²) < 4.78 is 25.5. The summed E-state index contributed by atoms with van der Waals surface area (Å²) in [6.07, 6.45) is 0. The molecule has 1 fully saturated rings. The van der Waals surface area contributed by atoms with Crippen molar-refractivity contribution >= 4 is 28.6 Å². The highest BCUT2D eigenvalue weighted by Crippen LogP contribution is 2.36. The molecule has 7 nitrogen and oxygen atoms in total. The topological polar surface area (TPSA) is 94.8 Å². The third-order valence-corrected chi connectivity index (χ3v) is 6.66. The first kappa shape index (κ1) is 21.3. The van der Waals surface area contributed by atoms with E-state index in [4.69, 9.17) is 15.2 Å². The minimum atomic E-state index is -0.674. The number of carbonyl (C=O) groups excluding carboxylic acids is 2. The number of ether oxygens (including phenoxy) is 2. The van der Waals surface area contributed by atoms with Gasteiger partial charge in [0, 0.05) is 36.0 Å². The molecule has 3 heterocycles. The van der Waals surface area contributed by atoms with Crippen molar-refractivity contribution in [3.8, 4) is 0 Å². The number of nitrogen functional groups attached to an aromatic ring is 1. The molecule has 2 aliphatic heterocycles. The van der Waals surface area contributed by atoms with E-state index in [0.717, 1.165) is 22.3 Å². The molecule has 1 aromatic heterocycles. The van der Waals surface area contributed by atoms with E-state index in [1.165, 1.54) is 24.1 Å². The third kappa shape index (κ3) is 3.60. The number of likely N-dealkylation sites (tertiary alicyclic amines) is 1. The number of fused-ring (bicyclic) bond motifs is 3. The van der Waals surface area contributed by atoms with Crippen molar-refractivity contribution in [2.24, 2.45) is 5.92 Å². The first-order valence-electron chi connectivity index (χ1n) is 10.8. The fourth-order valence-electron chi connectivity index (χ4n) is 4.84. The zero-order valence-electron chi connectivity index (χ0n) is 18.4. The number of aromatic nitrogens is 1. The Kier molecular flexibility index (Phi) is 5.25. The molecule has 0 bridgehead atoms. The first-order chi connectivity index (χ1) is 15.9. The van der Waals surface area contributed by atoms with Gasteiger partial charge in [-0.15, -0.1) is 0 Å². The molecule has 0 unspecified atom stereocenters. The Balaban J connectivity index is 1.51. The van der Waals surface area contributed by atoms with Gasteiger partial charge in [0.15, 0.2) is 0 Å². The van der Waals surface area contributed by atoms with Crippen molar-refractivity contribution in [2.75, 3.05) is 25.9 Å². The lowest BCUT2D eigenvalue weighted by molar-refractivity contribution is -0.145. The SMILES string of the molecule is COC(=O)[C@H]1CN(C(=O)c2cc3c4c(c(N)nc3cc2F)COC4)C[C@@H]1c1ccc(C)cc1. The van der Waals surface area contributed by atoms with E-state index >= 15 is 4.39 Å². The zero-order valence-corrected chi connectivity index (χ0v) is 18.4. The normalized spacial score (nSPS) is 19.7. The number of hydrogen-bond acceptors (Lipinski definition) is 6. The van der Waals surface area contributed by atoms with Gasteiger partial charge in [-0.3, -0.25) is 9.59 Å². The van der Waals surface area contributed by atoms with Gasteiger partial charge in [-0.25, -0.2) is 9.37 Å². The standard InChI is InChI=1S/C25H24FN3O4/c1-13-3-5-14(6-4-13)17-9-29(10-18(17)25(31)32-2)24(30)16-7-15-19-11-33-12-20(19)23(27)28-22(15)8-21(16)26/h3-8,17-18H,9-12H2,1-2H3,(H2,27,28)/t17-,18+/m1/s1. The molecule has 2 aromatic carbocycles. The average Bonchev–Trinajstić information content (AvgIpc) is 3.47. The van der Waals surface area contributed by atoms with Crippen LogP contribution in [0.2, 0.25) is 0 Å². The zero-order chi connectivity index (χ0) is 23.3. The van der Waals surface area contributed by atoms with Crippen LogP contribution < -0.4 is 5.73 Å². The van der Waals surface area contributed by atoms with E-state index in [2.05, 4.69) is 4.98 Å². The average molecular weight is 449 g/mol. The largest absolute Gasteiger partial charge is 0.469 e. The van der Waals surface area contributed by atoms with Crippen molar-refractivity contribution in [2.45, 2.75) is 26.1 Å². The smallest absolute Gasteiger partial charge is 0.311 e. The van der Waals surface area contributed by atoms with Crippen molar-refractivity contribution in [3.63, 3.8) is 0 Å². The number of aryl methyl sites for hydroxylation is 1. The maximum absolute atomic E-state index is 15.0.